The maximum Gasteiger partial charge on any atom is 0.250 e. The van der Waals surface area contributed by atoms with Gasteiger partial charge in [-0.05, 0) is 38.8 Å². The van der Waals surface area contributed by atoms with Crippen molar-refractivity contribution in [2.24, 2.45) is 0 Å². The lowest BCUT2D eigenvalue weighted by molar-refractivity contribution is 0.572. The number of hydrogen-bond acceptors (Lipinski definition) is 4. The molecule has 0 bridgehead atoms. The fourth-order valence-corrected chi connectivity index (χ4v) is 4.07. The van der Waals surface area contributed by atoms with Crippen LogP contribution in [0, 0.1) is 0 Å². The van der Waals surface area contributed by atoms with E-state index in [-0.39, 0.29) is 6.04 Å². The van der Waals surface area contributed by atoms with Gasteiger partial charge in [0, 0.05) is 23.5 Å². The molecule has 1 fully saturated rings. The van der Waals surface area contributed by atoms with E-state index in [0.29, 0.717) is 10.3 Å². The first-order valence-corrected chi connectivity index (χ1v) is 8.12. The average Bonchev–Trinajstić information content (AvgIpc) is 2.90. The van der Waals surface area contributed by atoms with Crippen LogP contribution in [0.25, 0.3) is 0 Å². The van der Waals surface area contributed by atoms with Crippen LogP contribution in [0.15, 0.2) is 16.3 Å². The van der Waals surface area contributed by atoms with E-state index >= 15 is 0 Å². The first-order valence-electron chi connectivity index (χ1n) is 5.82. The standard InChI is InChI=1S/C11H18N2O2S2/c1-8(2)13-17(14,15)11-6-5-10(16-11)7-12-9-3-4-9/h5-6,8-9,12-13H,3-4,7H2,1-2H3. The highest BCUT2D eigenvalue weighted by atomic mass is 32.2. The summed E-state index contributed by atoms with van der Waals surface area (Å²) in [7, 11) is -3.32. The predicted octanol–water partition coefficient (Wildman–Crippen LogP) is 1.69. The molecule has 17 heavy (non-hydrogen) atoms. The second kappa shape index (κ2) is 5.06. The summed E-state index contributed by atoms with van der Waals surface area (Å²) in [5.74, 6) is 0. The molecule has 1 saturated carbocycles. The zero-order valence-corrected chi connectivity index (χ0v) is 11.7. The van der Waals surface area contributed by atoms with Crippen molar-refractivity contribution in [3.63, 3.8) is 0 Å². The molecule has 1 aliphatic rings. The molecule has 0 aromatic carbocycles. The Morgan fingerprint density at radius 2 is 2.12 bits per heavy atom. The Bertz CT molecular complexity index is 475. The Hall–Kier alpha value is -0.430. The minimum absolute atomic E-state index is 0.0739. The molecule has 0 atom stereocenters. The van der Waals surface area contributed by atoms with Crippen LogP contribution < -0.4 is 10.0 Å². The van der Waals surface area contributed by atoms with E-state index in [1.165, 1.54) is 24.2 Å². The fourth-order valence-electron chi connectivity index (χ4n) is 1.50. The average molecular weight is 274 g/mol. The van der Waals surface area contributed by atoms with E-state index in [9.17, 15) is 8.42 Å². The second-order valence-electron chi connectivity index (χ2n) is 4.65. The van der Waals surface area contributed by atoms with Crippen LogP contribution >= 0.6 is 11.3 Å². The van der Waals surface area contributed by atoms with Crippen molar-refractivity contribution in [2.75, 3.05) is 0 Å². The third-order valence-electron chi connectivity index (χ3n) is 2.44. The third-order valence-corrected chi connectivity index (χ3v) is 5.67. The molecule has 0 radical (unpaired) electrons. The van der Waals surface area contributed by atoms with Gasteiger partial charge in [0.05, 0.1) is 0 Å². The van der Waals surface area contributed by atoms with E-state index in [4.69, 9.17) is 0 Å². The van der Waals surface area contributed by atoms with E-state index in [0.717, 1.165) is 11.4 Å². The lowest BCUT2D eigenvalue weighted by Crippen LogP contribution is -2.29. The third kappa shape index (κ3) is 3.77. The van der Waals surface area contributed by atoms with Crippen molar-refractivity contribution >= 4 is 21.4 Å². The van der Waals surface area contributed by atoms with Gasteiger partial charge in [-0.1, -0.05) is 0 Å². The van der Waals surface area contributed by atoms with E-state index < -0.39 is 10.0 Å². The molecule has 0 aliphatic heterocycles. The fraction of sp³-hybridized carbons (Fsp3) is 0.636. The molecule has 1 aliphatic carbocycles. The van der Waals surface area contributed by atoms with Gasteiger partial charge in [-0.25, -0.2) is 13.1 Å². The lowest BCUT2D eigenvalue weighted by Gasteiger charge is -2.06. The molecule has 0 unspecified atom stereocenters. The number of thiophene rings is 1. The molecular weight excluding hydrogens is 256 g/mol. The molecule has 1 aromatic heterocycles. The Morgan fingerprint density at radius 3 is 2.71 bits per heavy atom. The molecule has 2 N–H and O–H groups in total. The van der Waals surface area contributed by atoms with Crippen molar-refractivity contribution in [1.29, 1.82) is 0 Å². The van der Waals surface area contributed by atoms with E-state index in [1.54, 1.807) is 6.07 Å². The summed E-state index contributed by atoms with van der Waals surface area (Å²) in [6.07, 6.45) is 2.48. The molecule has 6 heteroatoms. The van der Waals surface area contributed by atoms with Gasteiger partial charge < -0.3 is 5.32 Å². The number of sulfonamides is 1. The summed E-state index contributed by atoms with van der Waals surface area (Å²) in [6.45, 7) is 4.41. The zero-order valence-electron chi connectivity index (χ0n) is 10.1. The molecular formula is C11H18N2O2S2. The minimum atomic E-state index is -3.32. The van der Waals surface area contributed by atoms with Gasteiger partial charge in [0.2, 0.25) is 10.0 Å². The maximum absolute atomic E-state index is 11.9. The molecule has 1 heterocycles. The normalized spacial score (nSPS) is 16.6. The van der Waals surface area contributed by atoms with Gasteiger partial charge in [-0.3, -0.25) is 0 Å². The van der Waals surface area contributed by atoms with Crippen molar-refractivity contribution in [1.82, 2.24) is 10.0 Å². The molecule has 2 rings (SSSR count). The Kier molecular flexibility index (Phi) is 3.87. The zero-order chi connectivity index (χ0) is 12.5. The number of nitrogens with one attached hydrogen (secondary N) is 2. The monoisotopic (exact) mass is 274 g/mol. The molecule has 0 saturated heterocycles. The lowest BCUT2D eigenvalue weighted by atomic mass is 10.4. The first kappa shape index (κ1) is 13.0. The summed E-state index contributed by atoms with van der Waals surface area (Å²) in [5.41, 5.74) is 0. The minimum Gasteiger partial charge on any atom is -0.309 e. The van der Waals surface area contributed by atoms with E-state index in [1.807, 2.05) is 19.9 Å². The van der Waals surface area contributed by atoms with Gasteiger partial charge in [0.25, 0.3) is 0 Å². The Balaban J connectivity index is 2.00. The molecule has 96 valence electrons. The predicted molar refractivity (Wildman–Crippen MR) is 69.6 cm³/mol. The second-order valence-corrected chi connectivity index (χ2v) is 7.76. The highest BCUT2D eigenvalue weighted by Gasteiger charge is 2.21. The number of hydrogen-bond donors (Lipinski definition) is 2. The van der Waals surface area contributed by atoms with Gasteiger partial charge in [0.1, 0.15) is 4.21 Å². The van der Waals surface area contributed by atoms with Crippen LogP contribution in [0.5, 0.6) is 0 Å². The summed E-state index contributed by atoms with van der Waals surface area (Å²) in [4.78, 5) is 1.07. The van der Waals surface area contributed by atoms with Gasteiger partial charge in [-0.15, -0.1) is 11.3 Å². The quantitative estimate of drug-likeness (QED) is 0.830. The Labute approximate surface area is 106 Å². The van der Waals surface area contributed by atoms with Crippen LogP contribution in [-0.4, -0.2) is 20.5 Å². The van der Waals surface area contributed by atoms with E-state index in [2.05, 4.69) is 10.0 Å². The van der Waals surface area contributed by atoms with Crippen LogP contribution in [-0.2, 0) is 16.6 Å². The molecule has 0 spiro atoms. The summed E-state index contributed by atoms with van der Waals surface area (Å²) in [5, 5.41) is 3.37. The number of rotatable bonds is 6. The van der Waals surface area contributed by atoms with Crippen molar-refractivity contribution in [3.05, 3.63) is 17.0 Å². The maximum atomic E-state index is 11.9. The van der Waals surface area contributed by atoms with Gasteiger partial charge in [-0.2, -0.15) is 0 Å². The highest BCUT2D eigenvalue weighted by Crippen LogP contribution is 2.24. The van der Waals surface area contributed by atoms with Crippen LogP contribution in [0.4, 0.5) is 0 Å². The summed E-state index contributed by atoms with van der Waals surface area (Å²) >= 11 is 1.34. The van der Waals surface area contributed by atoms with Crippen molar-refractivity contribution < 1.29 is 8.42 Å². The SMILES string of the molecule is CC(C)NS(=O)(=O)c1ccc(CNC2CC2)s1. The largest absolute Gasteiger partial charge is 0.309 e. The smallest absolute Gasteiger partial charge is 0.250 e. The summed E-state index contributed by atoms with van der Waals surface area (Å²) in [6, 6.07) is 4.13. The highest BCUT2D eigenvalue weighted by molar-refractivity contribution is 7.91. The molecule has 1 aromatic rings. The topological polar surface area (TPSA) is 58.2 Å². The van der Waals surface area contributed by atoms with Crippen LogP contribution in [0.3, 0.4) is 0 Å². The van der Waals surface area contributed by atoms with Crippen LogP contribution in [0.2, 0.25) is 0 Å². The van der Waals surface area contributed by atoms with Crippen LogP contribution in [0.1, 0.15) is 31.6 Å². The molecule has 4 nitrogen and oxygen atoms in total. The van der Waals surface area contributed by atoms with Crippen molar-refractivity contribution in [3.8, 4) is 0 Å². The first-order chi connectivity index (χ1) is 7.97. The Morgan fingerprint density at radius 1 is 1.41 bits per heavy atom. The van der Waals surface area contributed by atoms with Gasteiger partial charge >= 0.3 is 0 Å². The summed E-state index contributed by atoms with van der Waals surface area (Å²) < 4.78 is 26.8. The van der Waals surface area contributed by atoms with Crippen molar-refractivity contribution in [2.45, 2.75) is 49.5 Å². The van der Waals surface area contributed by atoms with Gasteiger partial charge in [0.15, 0.2) is 0 Å². The molecule has 0 amide bonds.